The summed E-state index contributed by atoms with van der Waals surface area (Å²) in [4.78, 5) is 12.0. The average molecular weight is 414 g/mol. The number of carbonyl (C=O) groups excluding carboxylic acids is 1. The first kappa shape index (κ1) is 18.1. The van der Waals surface area contributed by atoms with Crippen molar-refractivity contribution < 1.29 is 9.18 Å². The fourth-order valence-corrected chi connectivity index (χ4v) is 3.91. The molecule has 0 atom stereocenters. The van der Waals surface area contributed by atoms with Gasteiger partial charge in [0.1, 0.15) is 5.82 Å². The highest BCUT2D eigenvalue weighted by atomic mass is 35.5. The highest BCUT2D eigenvalue weighted by Crippen LogP contribution is 2.30. The number of carbonyl (C=O) groups is 1. The number of amides is 1. The molecule has 1 N–H and O–H groups in total. The Morgan fingerprint density at radius 2 is 1.96 bits per heavy atom. The maximum Gasteiger partial charge on any atom is 0.260 e. The largest absolute Gasteiger partial charge is 0.296 e. The number of hydrogen-bond donors (Lipinski definition) is 1. The van der Waals surface area contributed by atoms with E-state index in [9.17, 15) is 9.18 Å². The SMILES string of the molecule is O=C(Nc1nnc(SCc2ccc(Cl)c(Cl)c2)s1)c1ccccc1F. The molecule has 1 aromatic heterocycles. The molecule has 25 heavy (non-hydrogen) atoms. The molecule has 0 radical (unpaired) electrons. The van der Waals surface area contributed by atoms with Crippen molar-refractivity contribution in [2.24, 2.45) is 0 Å². The zero-order valence-corrected chi connectivity index (χ0v) is 15.6. The number of hydrogen-bond acceptors (Lipinski definition) is 5. The Kier molecular flexibility index (Phi) is 5.90. The molecular formula is C16H10Cl2FN3OS2. The number of benzene rings is 2. The van der Waals surface area contributed by atoms with Gasteiger partial charge >= 0.3 is 0 Å². The van der Waals surface area contributed by atoms with Crippen LogP contribution in [0.3, 0.4) is 0 Å². The lowest BCUT2D eigenvalue weighted by atomic mass is 10.2. The van der Waals surface area contributed by atoms with Gasteiger partial charge in [0.2, 0.25) is 5.13 Å². The monoisotopic (exact) mass is 413 g/mol. The van der Waals surface area contributed by atoms with Crippen LogP contribution in [0.25, 0.3) is 0 Å². The van der Waals surface area contributed by atoms with Gasteiger partial charge in [0.25, 0.3) is 5.91 Å². The third-order valence-corrected chi connectivity index (χ3v) is 5.87. The summed E-state index contributed by atoms with van der Waals surface area (Å²) in [6, 6.07) is 11.2. The van der Waals surface area contributed by atoms with E-state index in [2.05, 4.69) is 15.5 Å². The van der Waals surface area contributed by atoms with Gasteiger partial charge < -0.3 is 0 Å². The second kappa shape index (κ2) is 8.14. The van der Waals surface area contributed by atoms with Gasteiger partial charge in [0, 0.05) is 5.75 Å². The number of thioether (sulfide) groups is 1. The molecule has 0 unspecified atom stereocenters. The Morgan fingerprint density at radius 3 is 2.72 bits per heavy atom. The summed E-state index contributed by atoms with van der Waals surface area (Å²) >= 11 is 14.5. The Balaban J connectivity index is 1.61. The zero-order valence-electron chi connectivity index (χ0n) is 12.5. The maximum atomic E-state index is 13.6. The minimum Gasteiger partial charge on any atom is -0.296 e. The van der Waals surface area contributed by atoms with Crippen molar-refractivity contribution >= 4 is 57.3 Å². The van der Waals surface area contributed by atoms with Gasteiger partial charge in [-0.05, 0) is 29.8 Å². The summed E-state index contributed by atoms with van der Waals surface area (Å²) in [5, 5.41) is 11.8. The molecule has 1 amide bonds. The summed E-state index contributed by atoms with van der Waals surface area (Å²) in [6.45, 7) is 0. The molecule has 3 aromatic rings. The summed E-state index contributed by atoms with van der Waals surface area (Å²) < 4.78 is 14.3. The smallest absolute Gasteiger partial charge is 0.260 e. The Labute approximate surface area is 161 Å². The number of halogens is 3. The molecule has 0 aliphatic heterocycles. The molecule has 0 fully saturated rings. The lowest BCUT2D eigenvalue weighted by Crippen LogP contribution is -2.13. The summed E-state index contributed by atoms with van der Waals surface area (Å²) in [5.74, 6) is -0.513. The average Bonchev–Trinajstić information content (AvgIpc) is 3.03. The van der Waals surface area contributed by atoms with Gasteiger partial charge in [0.05, 0.1) is 15.6 Å². The first-order valence-electron chi connectivity index (χ1n) is 6.99. The van der Waals surface area contributed by atoms with Gasteiger partial charge in [0.15, 0.2) is 4.34 Å². The predicted octanol–water partition coefficient (Wildman–Crippen LogP) is 5.53. The lowest BCUT2D eigenvalue weighted by molar-refractivity contribution is 0.102. The molecule has 2 aromatic carbocycles. The number of nitrogens with one attached hydrogen (secondary N) is 1. The van der Waals surface area contributed by atoms with E-state index in [-0.39, 0.29) is 5.56 Å². The molecule has 9 heteroatoms. The standard InChI is InChI=1S/C16H10Cl2FN3OS2/c17-11-6-5-9(7-12(11)18)8-24-16-22-21-15(25-16)20-14(23)10-3-1-2-4-13(10)19/h1-7H,8H2,(H,20,21,23). The number of nitrogens with zero attached hydrogens (tertiary/aromatic N) is 2. The molecule has 0 aliphatic rings. The van der Waals surface area contributed by atoms with E-state index < -0.39 is 11.7 Å². The number of rotatable bonds is 5. The fraction of sp³-hybridized carbons (Fsp3) is 0.0625. The quantitative estimate of drug-likeness (QED) is 0.441. The highest BCUT2D eigenvalue weighted by molar-refractivity contribution is 8.00. The fourth-order valence-electron chi connectivity index (χ4n) is 1.90. The first-order valence-corrected chi connectivity index (χ1v) is 9.55. The molecular weight excluding hydrogens is 404 g/mol. The normalized spacial score (nSPS) is 10.7. The molecule has 0 aliphatic carbocycles. The van der Waals surface area contributed by atoms with Crippen molar-refractivity contribution in [2.75, 3.05) is 5.32 Å². The number of aromatic nitrogens is 2. The first-order chi connectivity index (χ1) is 12.0. The van der Waals surface area contributed by atoms with Crippen molar-refractivity contribution in [1.29, 1.82) is 0 Å². The maximum absolute atomic E-state index is 13.6. The third kappa shape index (κ3) is 4.70. The van der Waals surface area contributed by atoms with Crippen LogP contribution in [0.1, 0.15) is 15.9 Å². The number of anilines is 1. The van der Waals surface area contributed by atoms with E-state index in [1.54, 1.807) is 18.2 Å². The summed E-state index contributed by atoms with van der Waals surface area (Å²) in [6.07, 6.45) is 0. The van der Waals surface area contributed by atoms with Gasteiger partial charge in [-0.15, -0.1) is 10.2 Å². The molecule has 3 rings (SSSR count). The van der Waals surface area contributed by atoms with Gasteiger partial charge in [-0.25, -0.2) is 4.39 Å². The van der Waals surface area contributed by atoms with Crippen LogP contribution in [-0.4, -0.2) is 16.1 Å². The van der Waals surface area contributed by atoms with E-state index in [0.29, 0.717) is 25.3 Å². The van der Waals surface area contributed by atoms with E-state index in [0.717, 1.165) is 5.56 Å². The van der Waals surface area contributed by atoms with Gasteiger partial charge in [-0.3, -0.25) is 10.1 Å². The van der Waals surface area contributed by atoms with Crippen molar-refractivity contribution in [1.82, 2.24) is 10.2 Å². The summed E-state index contributed by atoms with van der Waals surface area (Å²) in [7, 11) is 0. The van der Waals surface area contributed by atoms with Crippen LogP contribution in [0.5, 0.6) is 0 Å². The Hall–Kier alpha value is -1.67. The highest BCUT2D eigenvalue weighted by Gasteiger charge is 2.14. The van der Waals surface area contributed by atoms with Crippen LogP contribution < -0.4 is 5.32 Å². The van der Waals surface area contributed by atoms with Crippen molar-refractivity contribution in [3.05, 3.63) is 69.5 Å². The van der Waals surface area contributed by atoms with E-state index in [1.165, 1.54) is 41.3 Å². The van der Waals surface area contributed by atoms with E-state index >= 15 is 0 Å². The topological polar surface area (TPSA) is 54.9 Å². The molecule has 0 saturated carbocycles. The van der Waals surface area contributed by atoms with Crippen LogP contribution in [0.2, 0.25) is 10.0 Å². The third-order valence-electron chi connectivity index (χ3n) is 3.09. The van der Waals surface area contributed by atoms with Crippen molar-refractivity contribution in [3.8, 4) is 0 Å². The van der Waals surface area contributed by atoms with Gasteiger partial charge in [-0.2, -0.15) is 0 Å². The molecule has 0 bridgehead atoms. The molecule has 128 valence electrons. The molecule has 0 saturated heterocycles. The van der Waals surface area contributed by atoms with Crippen LogP contribution in [0, 0.1) is 5.82 Å². The predicted molar refractivity (Wildman–Crippen MR) is 100 cm³/mol. The van der Waals surface area contributed by atoms with Crippen LogP contribution in [0.15, 0.2) is 46.8 Å². The Morgan fingerprint density at radius 1 is 1.16 bits per heavy atom. The minimum absolute atomic E-state index is 0.0392. The van der Waals surface area contributed by atoms with E-state index in [1.807, 2.05) is 6.07 Å². The lowest BCUT2D eigenvalue weighted by Gasteiger charge is -2.02. The van der Waals surface area contributed by atoms with Gasteiger partial charge in [-0.1, -0.05) is 64.5 Å². The van der Waals surface area contributed by atoms with Crippen molar-refractivity contribution in [3.63, 3.8) is 0 Å². The Bertz CT molecular complexity index is 920. The van der Waals surface area contributed by atoms with Crippen LogP contribution in [0.4, 0.5) is 9.52 Å². The molecule has 0 spiro atoms. The second-order valence-corrected chi connectivity index (χ2v) is 7.86. The van der Waals surface area contributed by atoms with Crippen LogP contribution >= 0.6 is 46.3 Å². The van der Waals surface area contributed by atoms with Crippen molar-refractivity contribution in [2.45, 2.75) is 10.1 Å². The molecule has 1 heterocycles. The van der Waals surface area contributed by atoms with Crippen LogP contribution in [-0.2, 0) is 5.75 Å². The second-order valence-electron chi connectivity index (χ2n) is 4.84. The zero-order chi connectivity index (χ0) is 17.8. The van der Waals surface area contributed by atoms with E-state index in [4.69, 9.17) is 23.2 Å². The summed E-state index contributed by atoms with van der Waals surface area (Å²) in [5.41, 5.74) is 0.953. The minimum atomic E-state index is -0.585. The molecule has 4 nitrogen and oxygen atoms in total.